The van der Waals surface area contributed by atoms with Gasteiger partial charge in [-0.3, -0.25) is 4.79 Å². The largest absolute Gasteiger partial charge is 0.478 e. The van der Waals surface area contributed by atoms with Gasteiger partial charge >= 0.3 is 5.97 Å². The molecule has 0 heterocycles. The monoisotopic (exact) mass is 432 g/mol. The molecule has 1 unspecified atom stereocenters. The van der Waals surface area contributed by atoms with Gasteiger partial charge in [-0.1, -0.05) is 74.5 Å². The number of benzene rings is 3. The van der Waals surface area contributed by atoms with Crippen molar-refractivity contribution in [2.45, 2.75) is 26.5 Å². The zero-order valence-corrected chi connectivity index (χ0v) is 18.2. The molecule has 0 spiro atoms. The molecule has 0 bridgehead atoms. The fourth-order valence-corrected chi connectivity index (χ4v) is 3.39. The van der Waals surface area contributed by atoms with Crippen molar-refractivity contribution in [2.75, 3.05) is 17.2 Å². The summed E-state index contributed by atoms with van der Waals surface area (Å²) in [6, 6.07) is 25.0. The Morgan fingerprint density at radius 3 is 2.16 bits per heavy atom. The van der Waals surface area contributed by atoms with Crippen molar-refractivity contribution in [1.82, 2.24) is 0 Å². The number of anilines is 2. The van der Waals surface area contributed by atoms with Crippen LogP contribution >= 0.6 is 0 Å². The predicted molar refractivity (Wildman–Crippen MR) is 126 cm³/mol. The molecular weight excluding hydrogens is 404 g/mol. The number of carbonyl (C=O) groups excluding carboxylic acids is 1. The van der Waals surface area contributed by atoms with Gasteiger partial charge in [-0.15, -0.1) is 0 Å². The first-order valence-electron chi connectivity index (χ1n) is 10.4. The van der Waals surface area contributed by atoms with E-state index in [2.05, 4.69) is 10.6 Å². The summed E-state index contributed by atoms with van der Waals surface area (Å²) in [5, 5.41) is 15.5. The number of ether oxygens (including phenoxy) is 1. The van der Waals surface area contributed by atoms with Crippen LogP contribution in [-0.2, 0) is 16.1 Å². The zero-order valence-electron chi connectivity index (χ0n) is 18.2. The third-order valence-corrected chi connectivity index (χ3v) is 5.13. The summed E-state index contributed by atoms with van der Waals surface area (Å²) in [6.07, 6.45) is 0. The molecular formula is C26H28N2O4. The van der Waals surface area contributed by atoms with E-state index in [1.807, 2.05) is 74.5 Å². The second-order valence-electron chi connectivity index (χ2n) is 8.25. The maximum Gasteiger partial charge on any atom is 0.337 e. The summed E-state index contributed by atoms with van der Waals surface area (Å²) >= 11 is 0. The fraction of sp³-hybridized carbons (Fsp3) is 0.231. The number of rotatable bonds is 10. The second-order valence-corrected chi connectivity index (χ2v) is 8.25. The third-order valence-electron chi connectivity index (χ3n) is 5.13. The molecule has 1 atom stereocenters. The van der Waals surface area contributed by atoms with Crippen LogP contribution in [0.4, 0.5) is 11.4 Å². The van der Waals surface area contributed by atoms with Crippen LogP contribution < -0.4 is 10.6 Å². The number of aromatic carboxylic acids is 1. The lowest BCUT2D eigenvalue weighted by molar-refractivity contribution is -0.120. The molecule has 0 radical (unpaired) electrons. The van der Waals surface area contributed by atoms with Crippen LogP contribution in [0.25, 0.3) is 0 Å². The Morgan fingerprint density at radius 2 is 1.50 bits per heavy atom. The van der Waals surface area contributed by atoms with Crippen molar-refractivity contribution < 1.29 is 19.4 Å². The van der Waals surface area contributed by atoms with Crippen molar-refractivity contribution in [3.8, 4) is 0 Å². The summed E-state index contributed by atoms with van der Waals surface area (Å²) in [6.45, 7) is 4.65. The predicted octanol–water partition coefficient (Wildman–Crippen LogP) is 5.05. The highest BCUT2D eigenvalue weighted by Gasteiger charge is 2.36. The molecule has 6 heteroatoms. The fourth-order valence-electron chi connectivity index (χ4n) is 3.39. The van der Waals surface area contributed by atoms with Gasteiger partial charge in [0.1, 0.15) is 6.04 Å². The minimum Gasteiger partial charge on any atom is -0.478 e. The van der Waals surface area contributed by atoms with E-state index in [4.69, 9.17) is 4.74 Å². The lowest BCUT2D eigenvalue weighted by Gasteiger charge is -2.34. The van der Waals surface area contributed by atoms with E-state index in [1.165, 1.54) is 6.07 Å². The zero-order chi connectivity index (χ0) is 23.0. The average Bonchev–Trinajstić information content (AvgIpc) is 2.79. The van der Waals surface area contributed by atoms with Crippen molar-refractivity contribution in [1.29, 1.82) is 0 Å². The summed E-state index contributed by atoms with van der Waals surface area (Å²) in [5.74, 6) is -1.44. The molecule has 32 heavy (non-hydrogen) atoms. The molecule has 3 aromatic carbocycles. The summed E-state index contributed by atoms with van der Waals surface area (Å²) in [7, 11) is 0. The number of para-hydroxylation sites is 2. The number of hydrogen-bond donors (Lipinski definition) is 3. The SMILES string of the molecule is CC(C)(COCc1ccccc1)C(Nc1ccccc1)C(=O)Nc1ccccc1C(=O)O. The van der Waals surface area contributed by atoms with Crippen LogP contribution in [0.5, 0.6) is 0 Å². The lowest BCUT2D eigenvalue weighted by Crippen LogP contribution is -2.48. The number of carboxylic acid groups (broad SMARTS) is 1. The highest BCUT2D eigenvalue weighted by atomic mass is 16.5. The Bertz CT molecular complexity index is 1040. The van der Waals surface area contributed by atoms with Crippen LogP contribution in [0.15, 0.2) is 84.9 Å². The number of hydrogen-bond acceptors (Lipinski definition) is 4. The first-order chi connectivity index (χ1) is 15.4. The standard InChI is InChI=1S/C26H28N2O4/c1-26(2,18-32-17-19-11-5-3-6-12-19)23(27-20-13-7-4-8-14-20)24(29)28-22-16-10-9-15-21(22)25(30)31/h3-16,23,27H,17-18H2,1-2H3,(H,28,29)(H,30,31). The minimum absolute atomic E-state index is 0.0393. The lowest BCUT2D eigenvalue weighted by atomic mass is 9.84. The Morgan fingerprint density at radius 1 is 0.906 bits per heavy atom. The molecule has 0 saturated heterocycles. The quantitative estimate of drug-likeness (QED) is 0.417. The van der Waals surface area contributed by atoms with Gasteiger partial charge in [-0.05, 0) is 29.8 Å². The van der Waals surface area contributed by atoms with Gasteiger partial charge in [0.2, 0.25) is 5.91 Å². The Kier molecular flexibility index (Phi) is 7.63. The Labute approximate surface area is 188 Å². The van der Waals surface area contributed by atoms with Gasteiger partial charge in [-0.2, -0.15) is 0 Å². The smallest absolute Gasteiger partial charge is 0.337 e. The summed E-state index contributed by atoms with van der Waals surface area (Å²) in [5.41, 5.74) is 1.53. The number of carboxylic acids is 1. The molecule has 3 aromatic rings. The molecule has 3 N–H and O–H groups in total. The summed E-state index contributed by atoms with van der Waals surface area (Å²) in [4.78, 5) is 24.9. The van der Waals surface area contributed by atoms with Gasteiger partial charge in [0.25, 0.3) is 0 Å². The molecule has 0 aliphatic heterocycles. The molecule has 1 amide bonds. The van der Waals surface area contributed by atoms with Crippen molar-refractivity contribution in [2.24, 2.45) is 5.41 Å². The minimum atomic E-state index is -1.10. The highest BCUT2D eigenvalue weighted by Crippen LogP contribution is 2.27. The summed E-state index contributed by atoms with van der Waals surface area (Å²) < 4.78 is 5.95. The van der Waals surface area contributed by atoms with E-state index in [1.54, 1.807) is 18.2 Å². The van der Waals surface area contributed by atoms with Gasteiger partial charge in [0.05, 0.1) is 24.5 Å². The number of nitrogens with one attached hydrogen (secondary N) is 2. The van der Waals surface area contributed by atoms with Crippen LogP contribution in [0.1, 0.15) is 29.8 Å². The molecule has 0 aliphatic rings. The first-order valence-corrected chi connectivity index (χ1v) is 10.4. The normalized spacial score (nSPS) is 12.1. The maximum atomic E-state index is 13.3. The van der Waals surface area contributed by atoms with Gasteiger partial charge in [0.15, 0.2) is 0 Å². The van der Waals surface area contributed by atoms with E-state index in [9.17, 15) is 14.7 Å². The molecule has 0 fully saturated rings. The van der Waals surface area contributed by atoms with Crippen LogP contribution in [-0.4, -0.2) is 29.6 Å². The van der Waals surface area contributed by atoms with Gasteiger partial charge < -0.3 is 20.5 Å². The Balaban J connectivity index is 1.79. The number of amides is 1. The van der Waals surface area contributed by atoms with Crippen molar-refractivity contribution >= 4 is 23.3 Å². The van der Waals surface area contributed by atoms with Crippen LogP contribution in [0, 0.1) is 5.41 Å². The molecule has 6 nitrogen and oxygen atoms in total. The number of carbonyl (C=O) groups is 2. The van der Waals surface area contributed by atoms with Crippen molar-refractivity contribution in [3.05, 3.63) is 96.1 Å². The van der Waals surface area contributed by atoms with Gasteiger partial charge in [-0.25, -0.2) is 4.79 Å². The van der Waals surface area contributed by atoms with E-state index >= 15 is 0 Å². The highest BCUT2D eigenvalue weighted by molar-refractivity contribution is 6.03. The molecule has 0 aliphatic carbocycles. The van der Waals surface area contributed by atoms with Crippen molar-refractivity contribution in [3.63, 3.8) is 0 Å². The molecule has 3 rings (SSSR count). The van der Waals surface area contributed by atoms with Crippen LogP contribution in [0.3, 0.4) is 0 Å². The molecule has 0 saturated carbocycles. The third kappa shape index (κ3) is 6.18. The average molecular weight is 433 g/mol. The van der Waals surface area contributed by atoms with Crippen LogP contribution in [0.2, 0.25) is 0 Å². The molecule has 0 aromatic heterocycles. The maximum absolute atomic E-state index is 13.3. The van der Waals surface area contributed by atoms with Gasteiger partial charge in [0, 0.05) is 11.1 Å². The topological polar surface area (TPSA) is 87.7 Å². The van der Waals surface area contributed by atoms with E-state index in [-0.39, 0.29) is 17.2 Å². The van der Waals surface area contributed by atoms with E-state index in [0.29, 0.717) is 13.2 Å². The Hall–Kier alpha value is -3.64. The second kappa shape index (κ2) is 10.6. The van der Waals surface area contributed by atoms with E-state index in [0.717, 1.165) is 11.3 Å². The molecule has 166 valence electrons. The van der Waals surface area contributed by atoms with E-state index < -0.39 is 17.4 Å². The first kappa shape index (κ1) is 23.0.